The molecule has 1 saturated heterocycles. The van der Waals surface area contributed by atoms with Crippen LogP contribution in [-0.4, -0.2) is 110 Å². The van der Waals surface area contributed by atoms with E-state index in [0.717, 1.165) is 44.9 Å². The Hall–Kier alpha value is -1.41. The molecule has 11 nitrogen and oxygen atoms in total. The lowest BCUT2D eigenvalue weighted by Crippen LogP contribution is -2.60. The highest BCUT2D eigenvalue weighted by Gasteiger charge is 2.44. The van der Waals surface area contributed by atoms with E-state index in [1.807, 2.05) is 0 Å². The molecular weight excluding hydrogens is 775 g/mol. The standard InChI is InChI=1S/C50H95NO10/c1-3-5-7-9-11-12-13-14-15-16-17-18-19-20-21-22-23-24-25-26-27-28-29-30-32-34-36-38-43(54)49(59)51-41(45(55)42(53)37-35-33-31-10-8-6-4-2)40-60-50-48(58)47(57)46(56)44(39-52)61-50/h10,20-21,31,41-48,50,52-58H,3-9,11-19,22-30,32-40H2,1-2H3,(H,51,59)/b21-20-,31-10+. The van der Waals surface area contributed by atoms with Gasteiger partial charge in [-0.05, 0) is 57.8 Å². The van der Waals surface area contributed by atoms with Gasteiger partial charge in [0, 0.05) is 0 Å². The monoisotopic (exact) mass is 870 g/mol. The molecule has 1 heterocycles. The summed E-state index contributed by atoms with van der Waals surface area (Å²) in [7, 11) is 0. The summed E-state index contributed by atoms with van der Waals surface area (Å²) in [4.78, 5) is 13.0. The van der Waals surface area contributed by atoms with Crippen molar-refractivity contribution in [2.24, 2.45) is 0 Å². The third-order valence-corrected chi connectivity index (χ3v) is 12.2. The zero-order valence-corrected chi connectivity index (χ0v) is 38.9. The number of aliphatic hydroxyl groups is 7. The van der Waals surface area contributed by atoms with Gasteiger partial charge in [-0.3, -0.25) is 4.79 Å². The molecule has 9 atom stereocenters. The lowest BCUT2D eigenvalue weighted by Gasteiger charge is -2.40. The van der Waals surface area contributed by atoms with Crippen molar-refractivity contribution < 1.29 is 50.0 Å². The van der Waals surface area contributed by atoms with Crippen LogP contribution in [0.4, 0.5) is 0 Å². The van der Waals surface area contributed by atoms with Gasteiger partial charge < -0.3 is 50.5 Å². The number of hydrogen-bond donors (Lipinski definition) is 8. The molecule has 61 heavy (non-hydrogen) atoms. The molecular formula is C50H95NO10. The number of rotatable bonds is 42. The van der Waals surface area contributed by atoms with Crippen molar-refractivity contribution >= 4 is 5.91 Å². The molecule has 1 amide bonds. The van der Waals surface area contributed by atoms with Crippen LogP contribution in [0.5, 0.6) is 0 Å². The predicted octanol–water partition coefficient (Wildman–Crippen LogP) is 9.01. The molecule has 8 N–H and O–H groups in total. The van der Waals surface area contributed by atoms with Gasteiger partial charge in [-0.1, -0.05) is 186 Å². The summed E-state index contributed by atoms with van der Waals surface area (Å²) < 4.78 is 11.0. The minimum absolute atomic E-state index is 0.254. The smallest absolute Gasteiger partial charge is 0.249 e. The average Bonchev–Trinajstić information content (AvgIpc) is 3.26. The van der Waals surface area contributed by atoms with Crippen LogP contribution >= 0.6 is 0 Å². The molecule has 0 aromatic rings. The maximum Gasteiger partial charge on any atom is 0.249 e. The second kappa shape index (κ2) is 40.1. The number of carbonyl (C=O) groups excluding carboxylic acids is 1. The summed E-state index contributed by atoms with van der Waals surface area (Å²) in [6.07, 6.45) is 34.3. The molecule has 11 heteroatoms. The van der Waals surface area contributed by atoms with E-state index in [1.54, 1.807) is 0 Å². The van der Waals surface area contributed by atoms with Crippen molar-refractivity contribution in [3.05, 3.63) is 24.3 Å². The zero-order valence-electron chi connectivity index (χ0n) is 38.9. The lowest BCUT2D eigenvalue weighted by atomic mass is 9.98. The Kier molecular flexibility index (Phi) is 37.9. The average molecular weight is 870 g/mol. The van der Waals surface area contributed by atoms with E-state index in [2.05, 4.69) is 43.5 Å². The fourth-order valence-corrected chi connectivity index (χ4v) is 8.01. The Balaban J connectivity index is 2.22. The van der Waals surface area contributed by atoms with Crippen molar-refractivity contribution in [1.29, 1.82) is 0 Å². The van der Waals surface area contributed by atoms with Crippen LogP contribution in [-0.2, 0) is 14.3 Å². The summed E-state index contributed by atoms with van der Waals surface area (Å²) in [5, 5.41) is 75.3. The number of ether oxygens (including phenoxy) is 2. The molecule has 9 unspecified atom stereocenters. The number of hydrogen-bond acceptors (Lipinski definition) is 10. The molecule has 0 aromatic heterocycles. The lowest BCUT2D eigenvalue weighted by molar-refractivity contribution is -0.303. The Morgan fingerprint density at radius 2 is 0.984 bits per heavy atom. The number of carbonyl (C=O) groups is 1. The van der Waals surface area contributed by atoms with E-state index in [4.69, 9.17) is 9.47 Å². The van der Waals surface area contributed by atoms with E-state index in [0.29, 0.717) is 12.8 Å². The molecule has 1 aliphatic rings. The van der Waals surface area contributed by atoms with Crippen molar-refractivity contribution in [2.45, 2.75) is 274 Å². The molecule has 0 bridgehead atoms. The Morgan fingerprint density at radius 1 is 0.557 bits per heavy atom. The zero-order chi connectivity index (χ0) is 44.8. The third-order valence-electron chi connectivity index (χ3n) is 12.2. The third kappa shape index (κ3) is 29.6. The number of aliphatic hydroxyl groups excluding tert-OH is 7. The number of unbranched alkanes of at least 4 members (excludes halogenated alkanes) is 26. The van der Waals surface area contributed by atoms with E-state index < -0.39 is 74.2 Å². The number of amides is 1. The maximum atomic E-state index is 13.0. The summed E-state index contributed by atoms with van der Waals surface area (Å²) in [5.74, 6) is -0.710. The van der Waals surface area contributed by atoms with Crippen LogP contribution in [0.2, 0.25) is 0 Å². The number of allylic oxidation sites excluding steroid dienone is 4. The van der Waals surface area contributed by atoms with Gasteiger partial charge in [-0.2, -0.15) is 0 Å². The van der Waals surface area contributed by atoms with Crippen molar-refractivity contribution in [1.82, 2.24) is 5.32 Å². The second-order valence-electron chi connectivity index (χ2n) is 17.9. The quantitative estimate of drug-likeness (QED) is 0.0217. The van der Waals surface area contributed by atoms with Gasteiger partial charge in [-0.15, -0.1) is 0 Å². The minimum atomic E-state index is -1.66. The predicted molar refractivity (Wildman–Crippen MR) is 247 cm³/mol. The first kappa shape index (κ1) is 57.6. The first-order valence-corrected chi connectivity index (χ1v) is 25.2. The highest BCUT2D eigenvalue weighted by atomic mass is 16.7. The van der Waals surface area contributed by atoms with Crippen LogP contribution in [0.25, 0.3) is 0 Å². The highest BCUT2D eigenvalue weighted by molar-refractivity contribution is 5.80. The van der Waals surface area contributed by atoms with Crippen LogP contribution < -0.4 is 5.32 Å². The topological polar surface area (TPSA) is 189 Å². The van der Waals surface area contributed by atoms with Crippen molar-refractivity contribution in [2.75, 3.05) is 13.2 Å². The van der Waals surface area contributed by atoms with Gasteiger partial charge >= 0.3 is 0 Å². The first-order chi connectivity index (χ1) is 29.7. The Morgan fingerprint density at radius 3 is 1.46 bits per heavy atom. The number of nitrogens with one attached hydrogen (secondary N) is 1. The Labute approximate surface area is 372 Å². The van der Waals surface area contributed by atoms with Gasteiger partial charge in [-0.25, -0.2) is 0 Å². The highest BCUT2D eigenvalue weighted by Crippen LogP contribution is 2.23. The molecule has 1 rings (SSSR count). The summed E-state index contributed by atoms with van der Waals surface area (Å²) >= 11 is 0. The SMILES string of the molecule is CCCC/C=C/CCCC(O)C(O)C(COC1OC(CO)C(O)C(O)C1O)NC(=O)C(O)CCCCCCCCCCCCC/C=C\CCCCCCCCCCCCCC. The van der Waals surface area contributed by atoms with Crippen LogP contribution in [0.1, 0.15) is 219 Å². The molecule has 1 fully saturated rings. The minimum Gasteiger partial charge on any atom is -0.394 e. The summed E-state index contributed by atoms with van der Waals surface area (Å²) in [6.45, 7) is 3.34. The van der Waals surface area contributed by atoms with Gasteiger partial charge in [0.15, 0.2) is 6.29 Å². The fourth-order valence-electron chi connectivity index (χ4n) is 8.01. The molecule has 0 spiro atoms. The molecule has 360 valence electrons. The van der Waals surface area contributed by atoms with E-state index in [1.165, 1.54) is 135 Å². The molecule has 0 radical (unpaired) electrons. The molecule has 1 aliphatic heterocycles. The van der Waals surface area contributed by atoms with E-state index in [9.17, 15) is 40.5 Å². The maximum absolute atomic E-state index is 13.0. The van der Waals surface area contributed by atoms with E-state index in [-0.39, 0.29) is 12.8 Å². The van der Waals surface area contributed by atoms with E-state index >= 15 is 0 Å². The van der Waals surface area contributed by atoms with Gasteiger partial charge in [0.1, 0.15) is 36.6 Å². The summed E-state index contributed by atoms with van der Waals surface area (Å²) in [5.41, 5.74) is 0. The van der Waals surface area contributed by atoms with Crippen LogP contribution in [0.3, 0.4) is 0 Å². The van der Waals surface area contributed by atoms with Crippen molar-refractivity contribution in [3.8, 4) is 0 Å². The fraction of sp³-hybridized carbons (Fsp3) is 0.900. The van der Waals surface area contributed by atoms with Gasteiger partial charge in [0.05, 0.1) is 25.4 Å². The normalized spacial score (nSPS) is 21.6. The van der Waals surface area contributed by atoms with Gasteiger partial charge in [0.2, 0.25) is 5.91 Å². The Bertz CT molecular complexity index is 1040. The van der Waals surface area contributed by atoms with Crippen molar-refractivity contribution in [3.63, 3.8) is 0 Å². The molecule has 0 aliphatic carbocycles. The first-order valence-electron chi connectivity index (χ1n) is 25.2. The van der Waals surface area contributed by atoms with Gasteiger partial charge in [0.25, 0.3) is 0 Å². The second-order valence-corrected chi connectivity index (χ2v) is 17.9. The largest absolute Gasteiger partial charge is 0.394 e. The van der Waals surface area contributed by atoms with Crippen LogP contribution in [0, 0.1) is 0 Å². The van der Waals surface area contributed by atoms with Crippen LogP contribution in [0.15, 0.2) is 24.3 Å². The molecule has 0 saturated carbocycles. The summed E-state index contributed by atoms with van der Waals surface area (Å²) in [6, 6.07) is -1.18. The molecule has 0 aromatic carbocycles.